The van der Waals surface area contributed by atoms with Gasteiger partial charge >= 0.3 is 0 Å². The van der Waals surface area contributed by atoms with Gasteiger partial charge in [0.05, 0.1) is 6.61 Å². The summed E-state index contributed by atoms with van der Waals surface area (Å²) in [5.41, 5.74) is 1.24. The quantitative estimate of drug-likeness (QED) is 0.828. The molecule has 1 fully saturated rings. The van der Waals surface area contributed by atoms with E-state index in [9.17, 15) is 0 Å². The first-order valence-electron chi connectivity index (χ1n) is 7.57. The van der Waals surface area contributed by atoms with Gasteiger partial charge in [-0.1, -0.05) is 24.3 Å². The predicted octanol–water partition coefficient (Wildman–Crippen LogP) is 4.13. The molecule has 0 atom stereocenters. The minimum absolute atomic E-state index is 0.631. The van der Waals surface area contributed by atoms with Crippen LogP contribution in [0.3, 0.4) is 0 Å². The van der Waals surface area contributed by atoms with Gasteiger partial charge in [-0.2, -0.15) is 0 Å². The minimum atomic E-state index is 0.631. The van der Waals surface area contributed by atoms with E-state index < -0.39 is 0 Å². The third kappa shape index (κ3) is 3.99. The zero-order valence-corrected chi connectivity index (χ0v) is 12.3. The second-order valence-electron chi connectivity index (χ2n) is 5.28. The summed E-state index contributed by atoms with van der Waals surface area (Å²) in [7, 11) is 0. The first kappa shape index (κ1) is 14.0. The molecule has 3 nitrogen and oxygen atoms in total. The van der Waals surface area contributed by atoms with E-state index in [1.165, 1.54) is 18.4 Å². The normalized spacial score (nSPS) is 14.0. The lowest BCUT2D eigenvalue weighted by Crippen LogP contribution is -2.15. The molecule has 0 bridgehead atoms. The van der Waals surface area contributed by atoms with Gasteiger partial charge < -0.3 is 14.8 Å². The van der Waals surface area contributed by atoms with Crippen molar-refractivity contribution in [2.24, 2.45) is 0 Å². The SMILES string of the molecule is CCOc1ccccc1Oc1cccc(CNC2CC2)c1. The molecule has 1 aliphatic rings. The number of ether oxygens (including phenoxy) is 2. The monoisotopic (exact) mass is 283 g/mol. The maximum absolute atomic E-state index is 5.97. The van der Waals surface area contributed by atoms with E-state index in [1.807, 2.05) is 43.3 Å². The summed E-state index contributed by atoms with van der Waals surface area (Å²) >= 11 is 0. The summed E-state index contributed by atoms with van der Waals surface area (Å²) < 4.78 is 11.6. The lowest BCUT2D eigenvalue weighted by molar-refractivity contribution is 0.321. The molecule has 21 heavy (non-hydrogen) atoms. The Balaban J connectivity index is 1.70. The Morgan fingerprint density at radius 3 is 2.62 bits per heavy atom. The van der Waals surface area contributed by atoms with Gasteiger partial charge in [0.1, 0.15) is 5.75 Å². The van der Waals surface area contributed by atoms with Crippen LogP contribution in [0.2, 0.25) is 0 Å². The largest absolute Gasteiger partial charge is 0.490 e. The molecule has 0 aromatic heterocycles. The van der Waals surface area contributed by atoms with E-state index in [0.29, 0.717) is 12.6 Å². The summed E-state index contributed by atoms with van der Waals surface area (Å²) in [4.78, 5) is 0. The second kappa shape index (κ2) is 6.64. The van der Waals surface area contributed by atoms with Crippen molar-refractivity contribution < 1.29 is 9.47 Å². The van der Waals surface area contributed by atoms with Gasteiger partial charge in [-0.15, -0.1) is 0 Å². The maximum atomic E-state index is 5.97. The van der Waals surface area contributed by atoms with Crippen molar-refractivity contribution in [2.75, 3.05) is 6.61 Å². The third-order valence-electron chi connectivity index (χ3n) is 3.45. The minimum Gasteiger partial charge on any atom is -0.490 e. The summed E-state index contributed by atoms with van der Waals surface area (Å²) in [6.45, 7) is 3.50. The van der Waals surface area contributed by atoms with Gasteiger partial charge in [-0.3, -0.25) is 0 Å². The fourth-order valence-corrected chi connectivity index (χ4v) is 2.20. The van der Waals surface area contributed by atoms with Crippen molar-refractivity contribution in [3.63, 3.8) is 0 Å². The topological polar surface area (TPSA) is 30.5 Å². The van der Waals surface area contributed by atoms with Crippen LogP contribution in [0.5, 0.6) is 17.2 Å². The van der Waals surface area contributed by atoms with Gasteiger partial charge in [0, 0.05) is 12.6 Å². The summed E-state index contributed by atoms with van der Waals surface area (Å²) in [5.74, 6) is 2.38. The summed E-state index contributed by atoms with van der Waals surface area (Å²) in [6, 6.07) is 16.7. The highest BCUT2D eigenvalue weighted by molar-refractivity contribution is 5.43. The average Bonchev–Trinajstić information content (AvgIpc) is 3.32. The predicted molar refractivity (Wildman–Crippen MR) is 84.0 cm³/mol. The zero-order valence-electron chi connectivity index (χ0n) is 12.3. The number of para-hydroxylation sites is 2. The van der Waals surface area contributed by atoms with E-state index in [2.05, 4.69) is 17.4 Å². The van der Waals surface area contributed by atoms with Crippen molar-refractivity contribution in [3.8, 4) is 17.2 Å². The molecule has 0 radical (unpaired) electrons. The highest BCUT2D eigenvalue weighted by atomic mass is 16.5. The molecule has 2 aromatic rings. The van der Waals surface area contributed by atoms with Crippen LogP contribution in [0.15, 0.2) is 48.5 Å². The number of rotatable bonds is 7. The Hall–Kier alpha value is -2.00. The van der Waals surface area contributed by atoms with Crippen molar-refractivity contribution in [1.82, 2.24) is 5.32 Å². The van der Waals surface area contributed by atoms with E-state index in [0.717, 1.165) is 23.8 Å². The van der Waals surface area contributed by atoms with Crippen LogP contribution in [0.4, 0.5) is 0 Å². The van der Waals surface area contributed by atoms with Crippen LogP contribution < -0.4 is 14.8 Å². The van der Waals surface area contributed by atoms with Crippen LogP contribution in [0.1, 0.15) is 25.3 Å². The summed E-state index contributed by atoms with van der Waals surface area (Å²) in [6.07, 6.45) is 2.61. The van der Waals surface area contributed by atoms with Crippen molar-refractivity contribution in [2.45, 2.75) is 32.4 Å². The molecule has 1 aliphatic carbocycles. The molecule has 0 unspecified atom stereocenters. The van der Waals surface area contributed by atoms with Crippen LogP contribution in [-0.2, 0) is 6.54 Å². The molecule has 0 saturated heterocycles. The number of nitrogens with one attached hydrogen (secondary N) is 1. The molecule has 0 aliphatic heterocycles. The zero-order chi connectivity index (χ0) is 14.5. The van der Waals surface area contributed by atoms with Gasteiger partial charge in [-0.25, -0.2) is 0 Å². The molecule has 0 amide bonds. The molecule has 3 rings (SSSR count). The van der Waals surface area contributed by atoms with Gasteiger partial charge in [0.25, 0.3) is 0 Å². The fourth-order valence-electron chi connectivity index (χ4n) is 2.20. The molecule has 0 heterocycles. The van der Waals surface area contributed by atoms with Crippen LogP contribution in [0, 0.1) is 0 Å². The van der Waals surface area contributed by atoms with Crippen LogP contribution in [-0.4, -0.2) is 12.6 Å². The number of benzene rings is 2. The Kier molecular flexibility index (Phi) is 4.41. The van der Waals surface area contributed by atoms with Gasteiger partial charge in [0.2, 0.25) is 0 Å². The number of hydrogen-bond donors (Lipinski definition) is 1. The highest BCUT2D eigenvalue weighted by Crippen LogP contribution is 2.31. The highest BCUT2D eigenvalue weighted by Gasteiger charge is 2.19. The molecule has 3 heteroatoms. The third-order valence-corrected chi connectivity index (χ3v) is 3.45. The van der Waals surface area contributed by atoms with Crippen molar-refractivity contribution >= 4 is 0 Å². The van der Waals surface area contributed by atoms with Gasteiger partial charge in [-0.05, 0) is 49.6 Å². The molecule has 1 N–H and O–H groups in total. The molecule has 110 valence electrons. The van der Waals surface area contributed by atoms with Crippen LogP contribution in [0.25, 0.3) is 0 Å². The average molecular weight is 283 g/mol. The second-order valence-corrected chi connectivity index (χ2v) is 5.28. The van der Waals surface area contributed by atoms with E-state index in [4.69, 9.17) is 9.47 Å². The first-order valence-corrected chi connectivity index (χ1v) is 7.57. The van der Waals surface area contributed by atoms with Crippen molar-refractivity contribution in [1.29, 1.82) is 0 Å². The van der Waals surface area contributed by atoms with Gasteiger partial charge in [0.15, 0.2) is 11.5 Å². The lowest BCUT2D eigenvalue weighted by atomic mass is 10.2. The molecule has 2 aromatic carbocycles. The van der Waals surface area contributed by atoms with E-state index >= 15 is 0 Å². The van der Waals surface area contributed by atoms with E-state index in [1.54, 1.807) is 0 Å². The Morgan fingerprint density at radius 2 is 1.86 bits per heavy atom. The molecular weight excluding hydrogens is 262 g/mol. The first-order chi connectivity index (χ1) is 10.3. The molecule has 0 spiro atoms. The Morgan fingerprint density at radius 1 is 1.05 bits per heavy atom. The lowest BCUT2D eigenvalue weighted by Gasteiger charge is -2.12. The Bertz CT molecular complexity index is 593. The summed E-state index contributed by atoms with van der Waals surface area (Å²) in [5, 5.41) is 3.52. The smallest absolute Gasteiger partial charge is 0.169 e. The maximum Gasteiger partial charge on any atom is 0.169 e. The van der Waals surface area contributed by atoms with E-state index in [-0.39, 0.29) is 0 Å². The number of hydrogen-bond acceptors (Lipinski definition) is 3. The van der Waals surface area contributed by atoms with Crippen molar-refractivity contribution in [3.05, 3.63) is 54.1 Å². The Labute approximate surface area is 125 Å². The fraction of sp³-hybridized carbons (Fsp3) is 0.333. The molecule has 1 saturated carbocycles. The van der Waals surface area contributed by atoms with Crippen LogP contribution >= 0.6 is 0 Å². The molecular formula is C18H21NO2. The standard InChI is InChI=1S/C18H21NO2/c1-2-20-17-8-3-4-9-18(17)21-16-7-5-6-14(12-16)13-19-15-10-11-15/h3-9,12,15,19H,2,10-11,13H2,1H3.